The zero-order chi connectivity index (χ0) is 11.5. The number of rotatable bonds is 2. The van der Waals surface area contributed by atoms with E-state index < -0.39 is 0 Å². The van der Waals surface area contributed by atoms with Crippen LogP contribution in [0.1, 0.15) is 30.0 Å². The molecule has 0 aliphatic carbocycles. The normalized spacial score (nSPS) is 19.7. The van der Waals surface area contributed by atoms with E-state index in [-0.39, 0.29) is 11.9 Å². The molecule has 0 unspecified atom stereocenters. The van der Waals surface area contributed by atoms with Crippen molar-refractivity contribution in [1.82, 2.24) is 5.32 Å². The van der Waals surface area contributed by atoms with Crippen LogP contribution in [-0.2, 0) is 0 Å². The Balaban J connectivity index is 2.12. The summed E-state index contributed by atoms with van der Waals surface area (Å²) >= 11 is 0. The molecular formula is C13H19FN2. The summed E-state index contributed by atoms with van der Waals surface area (Å²) in [6.45, 7) is 3.87. The molecule has 1 atom stereocenters. The second-order valence-corrected chi connectivity index (χ2v) is 4.62. The first-order valence-corrected chi connectivity index (χ1v) is 5.91. The van der Waals surface area contributed by atoms with Crippen molar-refractivity contribution in [1.29, 1.82) is 0 Å². The first-order chi connectivity index (χ1) is 7.68. The molecule has 0 aromatic heterocycles. The Morgan fingerprint density at radius 2 is 2.06 bits per heavy atom. The highest BCUT2D eigenvalue weighted by Crippen LogP contribution is 2.27. The van der Waals surface area contributed by atoms with Gasteiger partial charge in [0.15, 0.2) is 0 Å². The van der Waals surface area contributed by atoms with Crippen LogP contribution in [-0.4, -0.2) is 13.1 Å². The minimum atomic E-state index is -0.152. The van der Waals surface area contributed by atoms with E-state index in [0.717, 1.165) is 31.5 Å². The minimum absolute atomic E-state index is 0.0430. The molecule has 1 saturated heterocycles. The van der Waals surface area contributed by atoms with Gasteiger partial charge in [0.25, 0.3) is 0 Å². The van der Waals surface area contributed by atoms with Crippen LogP contribution in [0.25, 0.3) is 0 Å². The molecule has 2 nitrogen and oxygen atoms in total. The fourth-order valence-corrected chi connectivity index (χ4v) is 2.35. The van der Waals surface area contributed by atoms with Crippen molar-refractivity contribution < 1.29 is 4.39 Å². The zero-order valence-electron chi connectivity index (χ0n) is 9.67. The highest BCUT2D eigenvalue weighted by molar-refractivity contribution is 5.26. The molecule has 0 radical (unpaired) electrons. The van der Waals surface area contributed by atoms with Gasteiger partial charge in [-0.25, -0.2) is 4.39 Å². The van der Waals surface area contributed by atoms with Gasteiger partial charge in [0.2, 0.25) is 0 Å². The van der Waals surface area contributed by atoms with Crippen molar-refractivity contribution in [3.8, 4) is 0 Å². The van der Waals surface area contributed by atoms with Crippen molar-refractivity contribution in [2.24, 2.45) is 11.7 Å². The van der Waals surface area contributed by atoms with Gasteiger partial charge in [0.1, 0.15) is 5.82 Å². The molecule has 16 heavy (non-hydrogen) atoms. The van der Waals surface area contributed by atoms with E-state index in [4.69, 9.17) is 5.73 Å². The Hall–Kier alpha value is -0.930. The molecule has 0 bridgehead atoms. The predicted molar refractivity (Wildman–Crippen MR) is 63.7 cm³/mol. The fraction of sp³-hybridized carbons (Fsp3) is 0.538. The van der Waals surface area contributed by atoms with Gasteiger partial charge in [0, 0.05) is 6.04 Å². The number of aryl methyl sites for hydroxylation is 1. The van der Waals surface area contributed by atoms with Gasteiger partial charge < -0.3 is 11.1 Å². The second-order valence-electron chi connectivity index (χ2n) is 4.62. The molecule has 1 aromatic rings. The summed E-state index contributed by atoms with van der Waals surface area (Å²) in [4.78, 5) is 0. The molecule has 88 valence electrons. The molecule has 1 fully saturated rings. The van der Waals surface area contributed by atoms with Crippen LogP contribution in [0.2, 0.25) is 0 Å². The lowest BCUT2D eigenvalue weighted by Gasteiger charge is -2.28. The van der Waals surface area contributed by atoms with Crippen molar-refractivity contribution >= 4 is 0 Å². The number of piperidine rings is 1. The lowest BCUT2D eigenvalue weighted by molar-refractivity contribution is 0.322. The second kappa shape index (κ2) is 4.93. The smallest absolute Gasteiger partial charge is 0.126 e. The number of benzene rings is 1. The lowest BCUT2D eigenvalue weighted by atomic mass is 9.86. The Morgan fingerprint density at radius 3 is 2.69 bits per heavy atom. The summed E-state index contributed by atoms with van der Waals surface area (Å²) in [5.41, 5.74) is 7.98. The molecule has 1 heterocycles. The number of nitrogens with one attached hydrogen (secondary N) is 1. The summed E-state index contributed by atoms with van der Waals surface area (Å²) in [6.07, 6.45) is 2.22. The lowest BCUT2D eigenvalue weighted by Crippen LogP contribution is -2.33. The average Bonchev–Trinajstić information content (AvgIpc) is 2.33. The molecule has 0 spiro atoms. The SMILES string of the molecule is Cc1cc([C@H](N)C2CCNCC2)ccc1F. The predicted octanol–water partition coefficient (Wildman–Crippen LogP) is 2.13. The number of hydrogen-bond acceptors (Lipinski definition) is 2. The molecular weight excluding hydrogens is 203 g/mol. The number of nitrogens with two attached hydrogens (primary N) is 1. The van der Waals surface area contributed by atoms with Crippen LogP contribution in [0.5, 0.6) is 0 Å². The largest absolute Gasteiger partial charge is 0.324 e. The summed E-state index contributed by atoms with van der Waals surface area (Å²) < 4.78 is 13.2. The molecule has 1 aliphatic rings. The molecule has 3 heteroatoms. The van der Waals surface area contributed by atoms with Crippen LogP contribution in [0.3, 0.4) is 0 Å². The van der Waals surface area contributed by atoms with E-state index in [9.17, 15) is 4.39 Å². The van der Waals surface area contributed by atoms with Gasteiger partial charge in [-0.3, -0.25) is 0 Å². The average molecular weight is 222 g/mol. The molecule has 1 aliphatic heterocycles. The minimum Gasteiger partial charge on any atom is -0.324 e. The van der Waals surface area contributed by atoms with Crippen LogP contribution in [0.15, 0.2) is 18.2 Å². The van der Waals surface area contributed by atoms with Crippen LogP contribution in [0.4, 0.5) is 4.39 Å². The highest BCUT2D eigenvalue weighted by atomic mass is 19.1. The van der Waals surface area contributed by atoms with E-state index >= 15 is 0 Å². The third-order valence-corrected chi connectivity index (χ3v) is 3.46. The third kappa shape index (κ3) is 2.42. The molecule has 0 saturated carbocycles. The topological polar surface area (TPSA) is 38.0 Å². The van der Waals surface area contributed by atoms with E-state index in [1.165, 1.54) is 6.07 Å². The van der Waals surface area contributed by atoms with Crippen LogP contribution >= 0.6 is 0 Å². The van der Waals surface area contributed by atoms with E-state index in [2.05, 4.69) is 5.32 Å². The van der Waals surface area contributed by atoms with Gasteiger partial charge in [0.05, 0.1) is 0 Å². The zero-order valence-corrected chi connectivity index (χ0v) is 9.67. The van der Waals surface area contributed by atoms with Crippen LogP contribution in [0, 0.1) is 18.7 Å². The Labute approximate surface area is 96.0 Å². The first-order valence-electron chi connectivity index (χ1n) is 5.91. The maximum Gasteiger partial charge on any atom is 0.126 e. The number of halogens is 1. The van der Waals surface area contributed by atoms with Gasteiger partial charge in [-0.05, 0) is 56.0 Å². The summed E-state index contributed by atoms with van der Waals surface area (Å²) in [5, 5.41) is 3.33. The van der Waals surface area contributed by atoms with Crippen molar-refractivity contribution in [2.75, 3.05) is 13.1 Å². The van der Waals surface area contributed by atoms with Gasteiger partial charge in [-0.2, -0.15) is 0 Å². The Bertz CT molecular complexity index is 359. The summed E-state index contributed by atoms with van der Waals surface area (Å²) in [7, 11) is 0. The van der Waals surface area contributed by atoms with E-state index in [1.54, 1.807) is 6.92 Å². The van der Waals surface area contributed by atoms with Crippen molar-refractivity contribution in [3.05, 3.63) is 35.1 Å². The molecule has 3 N–H and O–H groups in total. The maximum absolute atomic E-state index is 13.2. The quantitative estimate of drug-likeness (QED) is 0.804. The molecule has 1 aromatic carbocycles. The highest BCUT2D eigenvalue weighted by Gasteiger charge is 2.21. The molecule has 2 rings (SSSR count). The van der Waals surface area contributed by atoms with E-state index in [1.807, 2.05) is 12.1 Å². The Kier molecular flexibility index (Phi) is 3.56. The monoisotopic (exact) mass is 222 g/mol. The van der Waals surface area contributed by atoms with Gasteiger partial charge in [-0.15, -0.1) is 0 Å². The molecule has 0 amide bonds. The van der Waals surface area contributed by atoms with Crippen molar-refractivity contribution in [2.45, 2.75) is 25.8 Å². The summed E-state index contributed by atoms with van der Waals surface area (Å²) in [5.74, 6) is 0.368. The van der Waals surface area contributed by atoms with Gasteiger partial charge >= 0.3 is 0 Å². The fourth-order valence-electron chi connectivity index (χ4n) is 2.35. The third-order valence-electron chi connectivity index (χ3n) is 3.46. The van der Waals surface area contributed by atoms with Crippen LogP contribution < -0.4 is 11.1 Å². The standard InChI is InChI=1S/C13H19FN2/c1-9-8-11(2-3-12(9)14)13(15)10-4-6-16-7-5-10/h2-3,8,10,13,16H,4-7,15H2,1H3/t13-/m1/s1. The maximum atomic E-state index is 13.2. The first kappa shape index (κ1) is 11.6. The van der Waals surface area contributed by atoms with E-state index in [0.29, 0.717) is 11.5 Å². The number of hydrogen-bond donors (Lipinski definition) is 2. The van der Waals surface area contributed by atoms with Crippen molar-refractivity contribution in [3.63, 3.8) is 0 Å². The van der Waals surface area contributed by atoms with Gasteiger partial charge in [-0.1, -0.05) is 12.1 Å². The summed E-state index contributed by atoms with van der Waals surface area (Å²) in [6, 6.07) is 5.25. The Morgan fingerprint density at radius 1 is 1.38 bits per heavy atom.